The molecular formula is C19H18N2O3. The Balaban J connectivity index is 1.70. The lowest BCUT2D eigenvalue weighted by molar-refractivity contribution is 0.0954. The molecule has 0 bridgehead atoms. The largest absolute Gasteiger partial charge is 0.497 e. The van der Waals surface area contributed by atoms with Crippen molar-refractivity contribution in [3.63, 3.8) is 0 Å². The molecular weight excluding hydrogens is 304 g/mol. The van der Waals surface area contributed by atoms with E-state index in [1.807, 2.05) is 36.4 Å². The van der Waals surface area contributed by atoms with Crippen LogP contribution in [-0.4, -0.2) is 24.5 Å². The predicted octanol–water partition coefficient (Wildman–Crippen LogP) is 2.51. The van der Waals surface area contributed by atoms with Gasteiger partial charge in [-0.05, 0) is 42.1 Å². The molecule has 0 aliphatic heterocycles. The molecule has 1 heterocycles. The maximum Gasteiger partial charge on any atom is 0.251 e. The van der Waals surface area contributed by atoms with Crippen LogP contribution in [0.3, 0.4) is 0 Å². The van der Waals surface area contributed by atoms with Gasteiger partial charge in [0, 0.05) is 23.7 Å². The minimum atomic E-state index is -0.148. The normalized spacial score (nSPS) is 10.5. The Morgan fingerprint density at radius 3 is 2.67 bits per heavy atom. The zero-order valence-electron chi connectivity index (χ0n) is 13.3. The van der Waals surface area contributed by atoms with E-state index in [1.54, 1.807) is 25.3 Å². The van der Waals surface area contributed by atoms with Gasteiger partial charge in [-0.25, -0.2) is 0 Å². The molecule has 1 aromatic heterocycles. The van der Waals surface area contributed by atoms with Gasteiger partial charge in [0.05, 0.1) is 12.6 Å². The zero-order valence-corrected chi connectivity index (χ0v) is 13.3. The number of fused-ring (bicyclic) bond motifs is 1. The van der Waals surface area contributed by atoms with Crippen LogP contribution in [0.2, 0.25) is 0 Å². The van der Waals surface area contributed by atoms with E-state index in [9.17, 15) is 9.59 Å². The fraction of sp³-hybridized carbons (Fsp3) is 0.158. The van der Waals surface area contributed by atoms with Crippen LogP contribution < -0.4 is 15.6 Å². The van der Waals surface area contributed by atoms with Gasteiger partial charge in [-0.3, -0.25) is 9.59 Å². The van der Waals surface area contributed by atoms with Gasteiger partial charge in [0.2, 0.25) is 0 Å². The van der Waals surface area contributed by atoms with Crippen molar-refractivity contribution in [1.29, 1.82) is 0 Å². The van der Waals surface area contributed by atoms with Crippen LogP contribution >= 0.6 is 0 Å². The first kappa shape index (κ1) is 15.8. The van der Waals surface area contributed by atoms with Crippen LogP contribution in [0, 0.1) is 0 Å². The van der Waals surface area contributed by atoms with Crippen LogP contribution in [0.1, 0.15) is 15.9 Å². The second kappa shape index (κ2) is 7.00. The molecule has 0 unspecified atom stereocenters. The molecule has 0 saturated heterocycles. The van der Waals surface area contributed by atoms with Crippen molar-refractivity contribution in [3.8, 4) is 5.75 Å². The molecule has 0 atom stereocenters. The Kier molecular flexibility index (Phi) is 4.61. The van der Waals surface area contributed by atoms with Crippen molar-refractivity contribution >= 4 is 16.8 Å². The number of ether oxygens (including phenoxy) is 1. The van der Waals surface area contributed by atoms with E-state index in [1.165, 1.54) is 0 Å². The van der Waals surface area contributed by atoms with Gasteiger partial charge in [0.15, 0.2) is 0 Å². The highest BCUT2D eigenvalue weighted by molar-refractivity contribution is 5.94. The monoisotopic (exact) mass is 322 g/mol. The van der Waals surface area contributed by atoms with Gasteiger partial charge in [-0.15, -0.1) is 0 Å². The van der Waals surface area contributed by atoms with Crippen molar-refractivity contribution in [2.45, 2.75) is 6.42 Å². The van der Waals surface area contributed by atoms with E-state index in [0.29, 0.717) is 29.8 Å². The molecule has 0 radical (unpaired) electrons. The summed E-state index contributed by atoms with van der Waals surface area (Å²) in [6, 6.07) is 16.4. The van der Waals surface area contributed by atoms with Gasteiger partial charge < -0.3 is 15.0 Å². The molecule has 0 spiro atoms. The lowest BCUT2D eigenvalue weighted by atomic mass is 10.1. The number of hydrogen-bond donors (Lipinski definition) is 2. The molecule has 122 valence electrons. The van der Waals surface area contributed by atoms with Crippen molar-refractivity contribution in [2.24, 2.45) is 0 Å². The minimum Gasteiger partial charge on any atom is -0.497 e. The molecule has 2 N–H and O–H groups in total. The number of carbonyl (C=O) groups is 1. The zero-order chi connectivity index (χ0) is 16.9. The lowest BCUT2D eigenvalue weighted by Gasteiger charge is -2.07. The number of rotatable bonds is 5. The van der Waals surface area contributed by atoms with Crippen LogP contribution in [0.4, 0.5) is 0 Å². The summed E-state index contributed by atoms with van der Waals surface area (Å²) < 4.78 is 5.16. The molecule has 0 aliphatic rings. The maximum atomic E-state index is 12.2. The van der Waals surface area contributed by atoms with Gasteiger partial charge >= 0.3 is 0 Å². The van der Waals surface area contributed by atoms with E-state index in [0.717, 1.165) is 10.9 Å². The highest BCUT2D eigenvalue weighted by Crippen LogP contribution is 2.18. The Bertz CT molecular complexity index is 917. The third kappa shape index (κ3) is 3.46. The minimum absolute atomic E-state index is 0.141. The second-order valence-corrected chi connectivity index (χ2v) is 5.45. The number of methoxy groups -OCH3 is 1. The van der Waals surface area contributed by atoms with E-state index >= 15 is 0 Å². The standard InChI is InChI=1S/C19H18N2O3/c1-24-16-8-7-14-11-15(19(23)21-17(14)12-16)9-10-20-18(22)13-5-3-2-4-6-13/h2-8,11-12H,9-10H2,1H3,(H,20,22)(H,21,23). The number of carbonyl (C=O) groups excluding carboxylic acids is 1. The smallest absolute Gasteiger partial charge is 0.251 e. The van der Waals surface area contributed by atoms with E-state index in [-0.39, 0.29) is 11.5 Å². The molecule has 24 heavy (non-hydrogen) atoms. The summed E-state index contributed by atoms with van der Waals surface area (Å²) in [5.74, 6) is 0.554. The van der Waals surface area contributed by atoms with Crippen LogP contribution in [-0.2, 0) is 6.42 Å². The van der Waals surface area contributed by atoms with Crippen LogP contribution in [0.25, 0.3) is 10.9 Å². The summed E-state index contributed by atoms with van der Waals surface area (Å²) in [5, 5.41) is 3.76. The molecule has 0 saturated carbocycles. The van der Waals surface area contributed by atoms with Gasteiger partial charge in [-0.2, -0.15) is 0 Å². The van der Waals surface area contributed by atoms with E-state index in [4.69, 9.17) is 4.74 Å². The first-order valence-electron chi connectivity index (χ1n) is 7.70. The summed E-state index contributed by atoms with van der Waals surface area (Å²) in [6.07, 6.45) is 0.468. The van der Waals surface area contributed by atoms with Gasteiger partial charge in [0.25, 0.3) is 11.5 Å². The summed E-state index contributed by atoms with van der Waals surface area (Å²) in [6.45, 7) is 0.401. The number of aromatic nitrogens is 1. The molecule has 3 aromatic rings. The fourth-order valence-corrected chi connectivity index (χ4v) is 2.54. The number of amides is 1. The Morgan fingerprint density at radius 1 is 1.12 bits per heavy atom. The average molecular weight is 322 g/mol. The fourth-order valence-electron chi connectivity index (χ4n) is 2.54. The quantitative estimate of drug-likeness (QED) is 0.758. The first-order valence-corrected chi connectivity index (χ1v) is 7.70. The molecule has 3 rings (SSSR count). The lowest BCUT2D eigenvalue weighted by Crippen LogP contribution is -2.27. The van der Waals surface area contributed by atoms with Gasteiger partial charge in [0.1, 0.15) is 5.75 Å². The van der Waals surface area contributed by atoms with Crippen molar-refractivity contribution in [2.75, 3.05) is 13.7 Å². The number of H-pyrrole nitrogens is 1. The SMILES string of the molecule is COc1ccc2cc(CCNC(=O)c3ccccc3)c(=O)[nH]c2c1. The molecule has 1 amide bonds. The number of aromatic amines is 1. The predicted molar refractivity (Wildman–Crippen MR) is 93.6 cm³/mol. The van der Waals surface area contributed by atoms with E-state index < -0.39 is 0 Å². The van der Waals surface area contributed by atoms with E-state index in [2.05, 4.69) is 10.3 Å². The molecule has 5 heteroatoms. The highest BCUT2D eigenvalue weighted by Gasteiger charge is 2.07. The van der Waals surface area contributed by atoms with Gasteiger partial charge in [-0.1, -0.05) is 18.2 Å². The Hall–Kier alpha value is -3.08. The highest BCUT2D eigenvalue weighted by atomic mass is 16.5. The third-order valence-corrected chi connectivity index (χ3v) is 3.85. The number of benzene rings is 2. The summed E-state index contributed by atoms with van der Waals surface area (Å²) >= 11 is 0. The summed E-state index contributed by atoms with van der Waals surface area (Å²) in [5.41, 5.74) is 1.83. The van der Waals surface area contributed by atoms with Crippen molar-refractivity contribution in [3.05, 3.63) is 76.1 Å². The van der Waals surface area contributed by atoms with Crippen LogP contribution in [0.15, 0.2) is 59.4 Å². The molecule has 2 aromatic carbocycles. The second-order valence-electron chi connectivity index (χ2n) is 5.45. The van der Waals surface area contributed by atoms with Crippen LogP contribution in [0.5, 0.6) is 5.75 Å². The molecule has 0 fully saturated rings. The maximum absolute atomic E-state index is 12.2. The third-order valence-electron chi connectivity index (χ3n) is 3.85. The number of pyridine rings is 1. The van der Waals surface area contributed by atoms with Crippen molar-refractivity contribution in [1.82, 2.24) is 10.3 Å². The molecule has 0 aliphatic carbocycles. The number of hydrogen-bond acceptors (Lipinski definition) is 3. The molecule has 5 nitrogen and oxygen atoms in total. The first-order chi connectivity index (χ1) is 11.7. The number of nitrogens with one attached hydrogen (secondary N) is 2. The van der Waals surface area contributed by atoms with Crippen molar-refractivity contribution < 1.29 is 9.53 Å². The summed E-state index contributed by atoms with van der Waals surface area (Å²) in [4.78, 5) is 27.0. The topological polar surface area (TPSA) is 71.2 Å². The average Bonchev–Trinajstić information content (AvgIpc) is 2.62. The summed E-state index contributed by atoms with van der Waals surface area (Å²) in [7, 11) is 1.59. The Labute approximate surface area is 139 Å². The Morgan fingerprint density at radius 2 is 1.92 bits per heavy atom.